The molecule has 6 heteroatoms. The zero-order valence-corrected chi connectivity index (χ0v) is 15.4. The number of aryl methyl sites for hydroxylation is 1. The molecule has 0 radical (unpaired) electrons. The van der Waals surface area contributed by atoms with E-state index in [1.807, 2.05) is 0 Å². The Morgan fingerprint density at radius 3 is 2.73 bits per heavy atom. The smallest absolute Gasteiger partial charge is 0.257 e. The maximum absolute atomic E-state index is 9.50. The van der Waals surface area contributed by atoms with Crippen LogP contribution in [0.25, 0.3) is 0 Å². The number of aliphatic hydroxyl groups is 1. The third-order valence-corrected chi connectivity index (χ3v) is 4.96. The number of aliphatic hydroxyl groups excluding tert-OH is 1. The van der Waals surface area contributed by atoms with Crippen LogP contribution in [0.1, 0.15) is 18.4 Å². The number of hydrogen-bond acceptors (Lipinski definition) is 6. The van der Waals surface area contributed by atoms with E-state index in [-0.39, 0.29) is 6.61 Å². The van der Waals surface area contributed by atoms with Gasteiger partial charge in [-0.1, -0.05) is 30.3 Å². The highest BCUT2D eigenvalue weighted by Gasteiger charge is 2.28. The van der Waals surface area contributed by atoms with Gasteiger partial charge in [-0.05, 0) is 31.4 Å². The molecule has 0 saturated carbocycles. The van der Waals surface area contributed by atoms with E-state index in [2.05, 4.69) is 50.1 Å². The molecule has 1 aromatic heterocycles. The van der Waals surface area contributed by atoms with Crippen molar-refractivity contribution in [2.75, 3.05) is 44.8 Å². The lowest BCUT2D eigenvalue weighted by molar-refractivity contribution is 0.140. The Morgan fingerprint density at radius 2 is 1.96 bits per heavy atom. The molecule has 1 aliphatic rings. The number of ether oxygens (including phenoxy) is 1. The van der Waals surface area contributed by atoms with E-state index in [1.165, 1.54) is 5.56 Å². The van der Waals surface area contributed by atoms with Crippen LogP contribution in [-0.2, 0) is 6.42 Å². The van der Waals surface area contributed by atoms with Crippen LogP contribution in [0.3, 0.4) is 0 Å². The lowest BCUT2D eigenvalue weighted by atomic mass is 10.1. The quantitative estimate of drug-likeness (QED) is 0.781. The first-order valence-corrected chi connectivity index (χ1v) is 9.30. The van der Waals surface area contributed by atoms with Crippen LogP contribution >= 0.6 is 0 Å². The van der Waals surface area contributed by atoms with Crippen LogP contribution in [0.2, 0.25) is 0 Å². The molecule has 2 aromatic rings. The molecule has 140 valence electrons. The van der Waals surface area contributed by atoms with E-state index >= 15 is 0 Å². The van der Waals surface area contributed by atoms with Crippen molar-refractivity contribution < 1.29 is 9.84 Å². The third-order valence-electron chi connectivity index (χ3n) is 4.96. The molecule has 1 atom stereocenters. The zero-order valence-electron chi connectivity index (χ0n) is 15.4. The van der Waals surface area contributed by atoms with E-state index in [4.69, 9.17) is 4.74 Å². The number of piperazine rings is 1. The summed E-state index contributed by atoms with van der Waals surface area (Å²) in [7, 11) is 1.62. The summed E-state index contributed by atoms with van der Waals surface area (Å²) in [6.45, 7) is 3.93. The topological polar surface area (TPSA) is 61.7 Å². The zero-order chi connectivity index (χ0) is 18.2. The Kier molecular flexibility index (Phi) is 6.80. The molecule has 1 fully saturated rings. The number of aromatic nitrogens is 2. The van der Waals surface area contributed by atoms with Gasteiger partial charge in [-0.25, -0.2) is 9.97 Å². The van der Waals surface area contributed by atoms with Gasteiger partial charge in [0.2, 0.25) is 0 Å². The van der Waals surface area contributed by atoms with Crippen LogP contribution in [0, 0.1) is 0 Å². The Balaban J connectivity index is 1.59. The largest absolute Gasteiger partial charge is 0.478 e. The number of hydrogen-bond donors (Lipinski definition) is 1. The Bertz CT molecular complexity index is 668. The van der Waals surface area contributed by atoms with Crippen molar-refractivity contribution in [1.29, 1.82) is 0 Å². The molecular formula is C20H28N4O2. The second-order valence-corrected chi connectivity index (χ2v) is 6.63. The Hall–Kier alpha value is -2.18. The van der Waals surface area contributed by atoms with Gasteiger partial charge < -0.3 is 14.7 Å². The van der Waals surface area contributed by atoms with Gasteiger partial charge in [-0.15, -0.1) is 0 Å². The molecule has 0 spiro atoms. The summed E-state index contributed by atoms with van der Waals surface area (Å²) >= 11 is 0. The number of anilines is 1. The molecule has 0 aliphatic carbocycles. The summed E-state index contributed by atoms with van der Waals surface area (Å²) in [5.74, 6) is 1.36. The second kappa shape index (κ2) is 9.50. The first-order valence-electron chi connectivity index (χ1n) is 9.30. The normalized spacial score (nSPS) is 18.1. The van der Waals surface area contributed by atoms with E-state index in [1.54, 1.807) is 19.5 Å². The molecule has 26 heavy (non-hydrogen) atoms. The van der Waals surface area contributed by atoms with Crippen molar-refractivity contribution in [2.45, 2.75) is 25.3 Å². The minimum absolute atomic E-state index is 0.200. The Labute approximate surface area is 155 Å². The van der Waals surface area contributed by atoms with Gasteiger partial charge >= 0.3 is 0 Å². The summed E-state index contributed by atoms with van der Waals surface area (Å²) < 4.78 is 5.36. The van der Waals surface area contributed by atoms with Crippen molar-refractivity contribution in [1.82, 2.24) is 14.9 Å². The average Bonchev–Trinajstić information content (AvgIpc) is 2.70. The highest BCUT2D eigenvalue weighted by atomic mass is 16.5. The fourth-order valence-corrected chi connectivity index (χ4v) is 3.61. The lowest BCUT2D eigenvalue weighted by Gasteiger charge is -2.42. The number of methoxy groups -OCH3 is 1. The minimum atomic E-state index is 0.200. The summed E-state index contributed by atoms with van der Waals surface area (Å²) in [4.78, 5) is 13.4. The van der Waals surface area contributed by atoms with Crippen LogP contribution < -0.4 is 9.64 Å². The summed E-state index contributed by atoms with van der Waals surface area (Å²) in [6, 6.07) is 10.9. The Morgan fingerprint density at radius 1 is 1.15 bits per heavy atom. The number of nitrogens with zero attached hydrogens (tertiary/aromatic N) is 4. The molecule has 6 nitrogen and oxygen atoms in total. The summed E-state index contributed by atoms with van der Waals surface area (Å²) in [5, 5.41) is 9.50. The predicted molar refractivity (Wildman–Crippen MR) is 103 cm³/mol. The van der Waals surface area contributed by atoms with Crippen molar-refractivity contribution in [2.24, 2.45) is 0 Å². The van der Waals surface area contributed by atoms with Crippen molar-refractivity contribution in [3.05, 3.63) is 48.3 Å². The highest BCUT2D eigenvalue weighted by molar-refractivity contribution is 5.48. The number of benzene rings is 1. The molecule has 0 bridgehead atoms. The molecule has 1 aliphatic heterocycles. The molecule has 2 heterocycles. The van der Waals surface area contributed by atoms with E-state index in [0.29, 0.717) is 11.9 Å². The second-order valence-electron chi connectivity index (χ2n) is 6.63. The monoisotopic (exact) mass is 356 g/mol. The van der Waals surface area contributed by atoms with Gasteiger partial charge in [0.15, 0.2) is 5.82 Å². The molecule has 1 N–H and O–H groups in total. The van der Waals surface area contributed by atoms with Crippen LogP contribution in [-0.4, -0.2) is 65.9 Å². The maximum atomic E-state index is 9.50. The summed E-state index contributed by atoms with van der Waals surface area (Å²) in [5.41, 5.74) is 1.38. The van der Waals surface area contributed by atoms with E-state index in [9.17, 15) is 5.11 Å². The highest BCUT2D eigenvalue weighted by Crippen LogP contribution is 2.25. The minimum Gasteiger partial charge on any atom is -0.478 e. The van der Waals surface area contributed by atoms with Gasteiger partial charge in [0, 0.05) is 44.7 Å². The first kappa shape index (κ1) is 18.6. The third kappa shape index (κ3) is 4.71. The first-order chi connectivity index (χ1) is 12.8. The van der Waals surface area contributed by atoms with Crippen molar-refractivity contribution in [3.63, 3.8) is 0 Å². The van der Waals surface area contributed by atoms with Crippen LogP contribution in [0.15, 0.2) is 42.7 Å². The lowest BCUT2D eigenvalue weighted by Crippen LogP contribution is -2.54. The van der Waals surface area contributed by atoms with Gasteiger partial charge in [0.05, 0.1) is 7.11 Å². The standard InChI is InChI=1S/C20H28N4O2/c1-26-20-19(21-10-11-22-20)24-14-13-23(18(16-24)9-15-25)12-5-8-17-6-3-2-4-7-17/h2-4,6-7,10-11,18,25H,5,8-9,12-16H2,1H3/t18-/m0/s1. The molecule has 3 rings (SSSR count). The van der Waals surface area contributed by atoms with Gasteiger partial charge in [-0.2, -0.15) is 0 Å². The van der Waals surface area contributed by atoms with Crippen LogP contribution in [0.4, 0.5) is 5.82 Å². The van der Waals surface area contributed by atoms with Gasteiger partial charge in [-0.3, -0.25) is 4.90 Å². The molecule has 1 saturated heterocycles. The van der Waals surface area contributed by atoms with Crippen molar-refractivity contribution in [3.8, 4) is 5.88 Å². The predicted octanol–water partition coefficient (Wildman–Crippen LogP) is 1.99. The van der Waals surface area contributed by atoms with Gasteiger partial charge in [0.25, 0.3) is 5.88 Å². The number of rotatable bonds is 8. The molecule has 1 aromatic carbocycles. The average molecular weight is 356 g/mol. The molecule has 0 amide bonds. The fraction of sp³-hybridized carbons (Fsp3) is 0.500. The summed E-state index contributed by atoms with van der Waals surface area (Å²) in [6.07, 6.45) is 6.33. The van der Waals surface area contributed by atoms with E-state index < -0.39 is 0 Å². The molecular weight excluding hydrogens is 328 g/mol. The molecule has 0 unspecified atom stereocenters. The SMILES string of the molecule is COc1nccnc1N1CCN(CCCc2ccccc2)[C@@H](CCO)C1. The van der Waals surface area contributed by atoms with Crippen molar-refractivity contribution >= 4 is 5.82 Å². The van der Waals surface area contributed by atoms with Crippen LogP contribution in [0.5, 0.6) is 5.88 Å². The fourth-order valence-electron chi connectivity index (χ4n) is 3.61. The van der Waals surface area contributed by atoms with Gasteiger partial charge in [0.1, 0.15) is 0 Å². The maximum Gasteiger partial charge on any atom is 0.257 e. The van der Waals surface area contributed by atoms with E-state index in [0.717, 1.165) is 51.3 Å².